The minimum absolute atomic E-state index is 0.176. The van der Waals surface area contributed by atoms with Gasteiger partial charge in [-0.25, -0.2) is 4.39 Å². The standard InChI is InChI=1S/C23H13BrClFN2O/c24-20-10-15(9-18(13-28)19-7-3-4-8-22(19)26)11-21(25)23(20)29-14-17-6-2-1-5-16(17)12-27/h1-11H,14H2/b18-9-. The summed E-state index contributed by atoms with van der Waals surface area (Å²) in [5.41, 5.74) is 2.29. The highest BCUT2D eigenvalue weighted by atomic mass is 79.9. The van der Waals surface area contributed by atoms with Crippen LogP contribution in [0.5, 0.6) is 5.75 Å². The summed E-state index contributed by atoms with van der Waals surface area (Å²) < 4.78 is 20.4. The van der Waals surface area contributed by atoms with Gasteiger partial charge in [-0.1, -0.05) is 48.0 Å². The molecule has 29 heavy (non-hydrogen) atoms. The molecule has 0 aliphatic rings. The first-order chi connectivity index (χ1) is 14.0. The molecule has 0 saturated heterocycles. The van der Waals surface area contributed by atoms with Crippen molar-refractivity contribution < 1.29 is 9.13 Å². The third-order valence-corrected chi connectivity index (χ3v) is 5.00. The maximum absolute atomic E-state index is 14.0. The first-order valence-corrected chi connectivity index (χ1v) is 9.67. The Morgan fingerprint density at radius 2 is 1.83 bits per heavy atom. The zero-order chi connectivity index (χ0) is 20.8. The molecule has 0 aromatic heterocycles. The molecule has 0 spiro atoms. The fourth-order valence-electron chi connectivity index (χ4n) is 2.72. The Morgan fingerprint density at radius 3 is 2.52 bits per heavy atom. The van der Waals surface area contributed by atoms with Gasteiger partial charge in [-0.05, 0) is 51.8 Å². The van der Waals surface area contributed by atoms with Crippen molar-refractivity contribution in [1.82, 2.24) is 0 Å². The second-order valence-corrected chi connectivity index (χ2v) is 7.28. The highest BCUT2D eigenvalue weighted by Gasteiger charge is 2.12. The summed E-state index contributed by atoms with van der Waals surface area (Å²) >= 11 is 9.80. The van der Waals surface area contributed by atoms with E-state index in [1.54, 1.807) is 48.5 Å². The van der Waals surface area contributed by atoms with Gasteiger partial charge < -0.3 is 4.74 Å². The Balaban J connectivity index is 1.89. The summed E-state index contributed by atoms with van der Waals surface area (Å²) in [4.78, 5) is 0. The van der Waals surface area contributed by atoms with E-state index in [-0.39, 0.29) is 17.7 Å². The van der Waals surface area contributed by atoms with E-state index in [1.807, 2.05) is 18.2 Å². The molecule has 0 atom stereocenters. The molecular weight excluding hydrogens is 455 g/mol. The van der Waals surface area contributed by atoms with Crippen LogP contribution in [0.25, 0.3) is 11.6 Å². The maximum Gasteiger partial charge on any atom is 0.152 e. The van der Waals surface area contributed by atoms with Crippen LogP contribution in [0.1, 0.15) is 22.3 Å². The number of halogens is 3. The van der Waals surface area contributed by atoms with Gasteiger partial charge in [0, 0.05) is 11.1 Å². The summed E-state index contributed by atoms with van der Waals surface area (Å²) in [7, 11) is 0. The second-order valence-electron chi connectivity index (χ2n) is 6.02. The minimum Gasteiger partial charge on any atom is -0.486 e. The van der Waals surface area contributed by atoms with Crippen LogP contribution in [0.4, 0.5) is 4.39 Å². The van der Waals surface area contributed by atoms with E-state index >= 15 is 0 Å². The highest BCUT2D eigenvalue weighted by molar-refractivity contribution is 9.10. The van der Waals surface area contributed by atoms with Gasteiger partial charge in [-0.15, -0.1) is 0 Å². The largest absolute Gasteiger partial charge is 0.486 e. The van der Waals surface area contributed by atoms with Crippen molar-refractivity contribution in [3.05, 3.63) is 98.2 Å². The Bertz CT molecular complexity index is 1150. The third-order valence-electron chi connectivity index (χ3n) is 4.13. The van der Waals surface area contributed by atoms with Gasteiger partial charge in [0.15, 0.2) is 5.75 Å². The monoisotopic (exact) mass is 466 g/mol. The van der Waals surface area contributed by atoms with E-state index in [0.717, 1.165) is 5.56 Å². The average molecular weight is 468 g/mol. The number of benzene rings is 3. The topological polar surface area (TPSA) is 56.8 Å². The molecule has 0 unspecified atom stereocenters. The predicted octanol–water partition coefficient (Wildman–Crippen LogP) is 6.76. The zero-order valence-corrected chi connectivity index (χ0v) is 17.3. The number of nitriles is 2. The van der Waals surface area contributed by atoms with Crippen LogP contribution >= 0.6 is 27.5 Å². The first-order valence-electron chi connectivity index (χ1n) is 8.50. The lowest BCUT2D eigenvalue weighted by Crippen LogP contribution is -1.99. The van der Waals surface area contributed by atoms with Gasteiger partial charge in [0.05, 0.1) is 32.8 Å². The van der Waals surface area contributed by atoms with Crippen molar-refractivity contribution in [2.24, 2.45) is 0 Å². The predicted molar refractivity (Wildman–Crippen MR) is 115 cm³/mol. The van der Waals surface area contributed by atoms with Crippen LogP contribution in [0.3, 0.4) is 0 Å². The number of allylic oxidation sites excluding steroid dienone is 1. The summed E-state index contributed by atoms with van der Waals surface area (Å²) in [5.74, 6) is -0.0532. The quantitative estimate of drug-likeness (QED) is 0.308. The number of hydrogen-bond acceptors (Lipinski definition) is 3. The first kappa shape index (κ1) is 20.6. The molecule has 0 fully saturated rings. The molecule has 0 amide bonds. The van der Waals surface area contributed by atoms with Crippen molar-refractivity contribution >= 4 is 39.2 Å². The second kappa shape index (κ2) is 9.39. The van der Waals surface area contributed by atoms with Crippen molar-refractivity contribution in [2.75, 3.05) is 0 Å². The van der Waals surface area contributed by atoms with E-state index < -0.39 is 5.82 Å². The summed E-state index contributed by atoms with van der Waals surface area (Å²) in [6.45, 7) is 0.176. The Kier molecular flexibility index (Phi) is 6.67. The molecule has 0 bridgehead atoms. The maximum atomic E-state index is 14.0. The number of hydrogen-bond donors (Lipinski definition) is 0. The number of ether oxygens (including phenoxy) is 1. The van der Waals surface area contributed by atoms with E-state index in [9.17, 15) is 14.9 Å². The van der Waals surface area contributed by atoms with Gasteiger partial charge in [-0.2, -0.15) is 10.5 Å². The summed E-state index contributed by atoms with van der Waals surface area (Å²) in [6.07, 6.45) is 1.56. The van der Waals surface area contributed by atoms with Crippen LogP contribution in [-0.2, 0) is 6.61 Å². The van der Waals surface area contributed by atoms with Crippen LogP contribution in [-0.4, -0.2) is 0 Å². The molecular formula is C23H13BrClFN2O. The van der Waals surface area contributed by atoms with Crippen molar-refractivity contribution in [2.45, 2.75) is 6.61 Å². The number of rotatable bonds is 5. The van der Waals surface area contributed by atoms with Crippen LogP contribution < -0.4 is 4.74 Å². The molecule has 0 radical (unpaired) electrons. The average Bonchev–Trinajstić information content (AvgIpc) is 2.72. The molecule has 3 aromatic carbocycles. The molecule has 3 aromatic rings. The molecule has 0 heterocycles. The lowest BCUT2D eigenvalue weighted by atomic mass is 10.0. The SMILES string of the molecule is N#C/C(=C/c1cc(Cl)c(OCc2ccccc2C#N)c(Br)c1)c1ccccc1F. The number of nitrogens with zero attached hydrogens (tertiary/aromatic N) is 2. The van der Waals surface area contributed by atoms with Crippen molar-refractivity contribution in [1.29, 1.82) is 10.5 Å². The molecule has 3 nitrogen and oxygen atoms in total. The molecule has 142 valence electrons. The van der Waals surface area contributed by atoms with Crippen LogP contribution in [0.15, 0.2) is 65.1 Å². The van der Waals surface area contributed by atoms with E-state index in [2.05, 4.69) is 22.0 Å². The van der Waals surface area contributed by atoms with E-state index in [0.29, 0.717) is 26.4 Å². The Morgan fingerprint density at radius 1 is 1.10 bits per heavy atom. The third kappa shape index (κ3) is 4.84. The summed E-state index contributed by atoms with van der Waals surface area (Å²) in [6, 6.07) is 20.7. The molecule has 6 heteroatoms. The van der Waals surface area contributed by atoms with Crippen LogP contribution in [0.2, 0.25) is 5.02 Å². The van der Waals surface area contributed by atoms with Gasteiger partial charge in [0.2, 0.25) is 0 Å². The normalized spacial score (nSPS) is 10.9. The van der Waals surface area contributed by atoms with Crippen molar-refractivity contribution in [3.63, 3.8) is 0 Å². The lowest BCUT2D eigenvalue weighted by Gasteiger charge is -2.12. The molecule has 0 N–H and O–H groups in total. The van der Waals surface area contributed by atoms with Gasteiger partial charge >= 0.3 is 0 Å². The molecule has 3 rings (SSSR count). The van der Waals surface area contributed by atoms with Gasteiger partial charge in [0.25, 0.3) is 0 Å². The fraction of sp³-hybridized carbons (Fsp3) is 0.0435. The zero-order valence-electron chi connectivity index (χ0n) is 15.0. The van der Waals surface area contributed by atoms with Crippen LogP contribution in [0, 0.1) is 28.5 Å². The van der Waals surface area contributed by atoms with Gasteiger partial charge in [0.1, 0.15) is 12.4 Å². The fourth-order valence-corrected chi connectivity index (χ4v) is 3.71. The molecule has 0 aliphatic heterocycles. The smallest absolute Gasteiger partial charge is 0.152 e. The minimum atomic E-state index is -0.471. The Hall–Kier alpha value is -3.12. The highest BCUT2D eigenvalue weighted by Crippen LogP contribution is 2.36. The lowest BCUT2D eigenvalue weighted by molar-refractivity contribution is 0.304. The van der Waals surface area contributed by atoms with Crippen molar-refractivity contribution in [3.8, 4) is 17.9 Å². The molecule has 0 saturated carbocycles. The van der Waals surface area contributed by atoms with E-state index in [1.165, 1.54) is 6.07 Å². The Labute approximate surface area is 181 Å². The summed E-state index contributed by atoms with van der Waals surface area (Å²) in [5, 5.41) is 18.9. The van der Waals surface area contributed by atoms with Gasteiger partial charge in [-0.3, -0.25) is 0 Å². The van der Waals surface area contributed by atoms with E-state index in [4.69, 9.17) is 16.3 Å². The molecule has 0 aliphatic carbocycles.